The summed E-state index contributed by atoms with van der Waals surface area (Å²) in [5, 5.41) is 10.2. The smallest absolute Gasteiger partial charge is 0.127 e. The molecule has 0 atom stereocenters. The normalized spacial score (nSPS) is 11.1. The molecule has 27 heavy (non-hydrogen) atoms. The second-order valence-corrected chi connectivity index (χ2v) is 6.93. The number of nitriles is 1. The molecular formula is C24H20ClNO. The van der Waals surface area contributed by atoms with Crippen LogP contribution in [0.4, 0.5) is 0 Å². The molecule has 0 spiro atoms. The lowest BCUT2D eigenvalue weighted by atomic mass is 10.0. The zero-order valence-corrected chi connectivity index (χ0v) is 16.1. The van der Waals surface area contributed by atoms with Crippen molar-refractivity contribution in [1.82, 2.24) is 0 Å². The number of aryl methyl sites for hydroxylation is 2. The Balaban J connectivity index is 1.89. The largest absolute Gasteiger partial charge is 0.488 e. The van der Waals surface area contributed by atoms with Crippen molar-refractivity contribution in [1.29, 1.82) is 5.26 Å². The number of hydrogen-bond acceptors (Lipinski definition) is 2. The van der Waals surface area contributed by atoms with Crippen LogP contribution in [0.1, 0.15) is 27.8 Å². The number of hydrogen-bond donors (Lipinski definition) is 0. The van der Waals surface area contributed by atoms with Gasteiger partial charge in [-0.15, -0.1) is 0 Å². The minimum Gasteiger partial charge on any atom is -0.488 e. The van der Waals surface area contributed by atoms with Gasteiger partial charge in [0.1, 0.15) is 12.4 Å². The number of allylic oxidation sites excluding steroid dienone is 1. The van der Waals surface area contributed by atoms with Crippen LogP contribution in [0.5, 0.6) is 5.75 Å². The Hall–Kier alpha value is -3.02. The topological polar surface area (TPSA) is 33.0 Å². The van der Waals surface area contributed by atoms with Gasteiger partial charge in [-0.25, -0.2) is 0 Å². The van der Waals surface area contributed by atoms with E-state index >= 15 is 0 Å². The molecule has 0 aliphatic heterocycles. The average Bonchev–Trinajstić information content (AvgIpc) is 2.67. The molecule has 0 aromatic heterocycles. The monoisotopic (exact) mass is 373 g/mol. The lowest BCUT2D eigenvalue weighted by molar-refractivity contribution is 0.305. The molecule has 3 aromatic rings. The number of benzene rings is 3. The molecule has 0 saturated carbocycles. The van der Waals surface area contributed by atoms with Crippen LogP contribution in [0, 0.1) is 25.2 Å². The second kappa shape index (κ2) is 8.58. The maximum Gasteiger partial charge on any atom is 0.127 e. The fourth-order valence-corrected chi connectivity index (χ4v) is 2.86. The summed E-state index contributed by atoms with van der Waals surface area (Å²) in [6, 6.07) is 23.8. The van der Waals surface area contributed by atoms with E-state index in [0.717, 1.165) is 22.3 Å². The van der Waals surface area contributed by atoms with E-state index in [2.05, 4.69) is 25.1 Å². The van der Waals surface area contributed by atoms with Gasteiger partial charge in [-0.05, 0) is 49.2 Å². The molecule has 0 N–H and O–H groups in total. The molecule has 134 valence electrons. The second-order valence-electron chi connectivity index (χ2n) is 6.49. The quantitative estimate of drug-likeness (QED) is 0.373. The summed E-state index contributed by atoms with van der Waals surface area (Å²) in [6.07, 6.45) is 1.82. The third-order valence-corrected chi connectivity index (χ3v) is 4.50. The molecular weight excluding hydrogens is 354 g/mol. The van der Waals surface area contributed by atoms with Gasteiger partial charge in [-0.2, -0.15) is 5.26 Å². The van der Waals surface area contributed by atoms with Crippen molar-refractivity contribution in [2.24, 2.45) is 0 Å². The Kier molecular flexibility index (Phi) is 5.96. The van der Waals surface area contributed by atoms with E-state index < -0.39 is 0 Å². The average molecular weight is 374 g/mol. The number of rotatable bonds is 5. The van der Waals surface area contributed by atoms with Gasteiger partial charge in [-0.1, -0.05) is 71.3 Å². The van der Waals surface area contributed by atoms with Crippen LogP contribution >= 0.6 is 11.6 Å². The van der Waals surface area contributed by atoms with Gasteiger partial charge in [0.2, 0.25) is 0 Å². The molecule has 3 aromatic carbocycles. The first-order valence-corrected chi connectivity index (χ1v) is 9.10. The van der Waals surface area contributed by atoms with E-state index in [1.54, 1.807) is 6.07 Å². The molecule has 3 heteroatoms. The standard InChI is InChI=1S/C24H20ClNO/c1-17-3-7-19(8-4-17)16-27-24-12-11-23(25)14-21(24)13-22(15-26)20-9-5-18(2)6-10-20/h3-14H,16H2,1-2H3/b22-13+. The summed E-state index contributed by atoms with van der Waals surface area (Å²) in [4.78, 5) is 0. The molecule has 0 saturated heterocycles. The van der Waals surface area contributed by atoms with Crippen LogP contribution in [0.3, 0.4) is 0 Å². The minimum absolute atomic E-state index is 0.454. The Morgan fingerprint density at radius 1 is 0.963 bits per heavy atom. The Morgan fingerprint density at radius 3 is 2.22 bits per heavy atom. The van der Waals surface area contributed by atoms with Gasteiger partial charge in [0, 0.05) is 10.6 Å². The van der Waals surface area contributed by atoms with Gasteiger partial charge >= 0.3 is 0 Å². The van der Waals surface area contributed by atoms with Crippen molar-refractivity contribution in [2.75, 3.05) is 0 Å². The fraction of sp³-hybridized carbons (Fsp3) is 0.125. The summed E-state index contributed by atoms with van der Waals surface area (Å²) in [5.74, 6) is 0.694. The van der Waals surface area contributed by atoms with E-state index in [1.165, 1.54) is 5.56 Å². The Morgan fingerprint density at radius 2 is 1.59 bits per heavy atom. The van der Waals surface area contributed by atoms with E-state index in [1.807, 2.05) is 61.5 Å². The maximum absolute atomic E-state index is 9.61. The van der Waals surface area contributed by atoms with Crippen LogP contribution in [0.15, 0.2) is 66.7 Å². The maximum atomic E-state index is 9.61. The van der Waals surface area contributed by atoms with Crippen molar-refractivity contribution < 1.29 is 4.74 Å². The molecule has 0 heterocycles. The van der Waals surface area contributed by atoms with Gasteiger partial charge < -0.3 is 4.74 Å². The van der Waals surface area contributed by atoms with E-state index in [4.69, 9.17) is 16.3 Å². The summed E-state index contributed by atoms with van der Waals surface area (Å²) in [6.45, 7) is 4.53. The molecule has 3 rings (SSSR count). The summed E-state index contributed by atoms with van der Waals surface area (Å²) >= 11 is 6.18. The zero-order valence-electron chi connectivity index (χ0n) is 15.4. The number of ether oxygens (including phenoxy) is 1. The molecule has 0 aliphatic carbocycles. The third kappa shape index (κ3) is 5.00. The van der Waals surface area contributed by atoms with Crippen molar-refractivity contribution in [3.63, 3.8) is 0 Å². The van der Waals surface area contributed by atoms with Crippen LogP contribution in [0.25, 0.3) is 11.6 Å². The first kappa shape index (κ1) is 18.8. The highest BCUT2D eigenvalue weighted by Crippen LogP contribution is 2.28. The highest BCUT2D eigenvalue weighted by Gasteiger charge is 2.07. The number of halogens is 1. The Labute approximate surface area is 165 Å². The van der Waals surface area contributed by atoms with Gasteiger partial charge in [-0.3, -0.25) is 0 Å². The SMILES string of the molecule is Cc1ccc(COc2ccc(Cl)cc2/C=C(\C#N)c2ccc(C)cc2)cc1. The molecule has 0 amide bonds. The van der Waals surface area contributed by atoms with E-state index in [9.17, 15) is 5.26 Å². The van der Waals surface area contributed by atoms with Gasteiger partial charge in [0.15, 0.2) is 0 Å². The number of nitrogens with zero attached hydrogens (tertiary/aromatic N) is 1. The van der Waals surface area contributed by atoms with Crippen LogP contribution < -0.4 is 4.74 Å². The van der Waals surface area contributed by atoms with Crippen molar-refractivity contribution >= 4 is 23.3 Å². The summed E-state index contributed by atoms with van der Waals surface area (Å²) in [7, 11) is 0. The predicted molar refractivity (Wildman–Crippen MR) is 112 cm³/mol. The summed E-state index contributed by atoms with van der Waals surface area (Å²) < 4.78 is 6.01. The third-order valence-electron chi connectivity index (χ3n) is 4.27. The lowest BCUT2D eigenvalue weighted by Gasteiger charge is -2.11. The molecule has 2 nitrogen and oxygen atoms in total. The molecule has 0 fully saturated rings. The molecule has 0 aliphatic rings. The van der Waals surface area contributed by atoms with Crippen molar-refractivity contribution in [2.45, 2.75) is 20.5 Å². The Bertz CT molecular complexity index is 996. The van der Waals surface area contributed by atoms with Crippen LogP contribution in [-0.4, -0.2) is 0 Å². The molecule has 0 unspecified atom stereocenters. The van der Waals surface area contributed by atoms with Gasteiger partial charge in [0.05, 0.1) is 11.6 Å². The minimum atomic E-state index is 0.454. The predicted octanol–water partition coefficient (Wildman–Crippen LogP) is 6.60. The van der Waals surface area contributed by atoms with Gasteiger partial charge in [0.25, 0.3) is 0 Å². The highest BCUT2D eigenvalue weighted by molar-refractivity contribution is 6.30. The zero-order chi connectivity index (χ0) is 19.2. The first-order chi connectivity index (χ1) is 13.0. The fourth-order valence-electron chi connectivity index (χ4n) is 2.68. The van der Waals surface area contributed by atoms with Crippen molar-refractivity contribution in [3.05, 3.63) is 99.6 Å². The van der Waals surface area contributed by atoms with Crippen LogP contribution in [-0.2, 0) is 6.61 Å². The van der Waals surface area contributed by atoms with E-state index in [0.29, 0.717) is 23.0 Å². The first-order valence-electron chi connectivity index (χ1n) is 8.72. The molecule has 0 radical (unpaired) electrons. The highest BCUT2D eigenvalue weighted by atomic mass is 35.5. The molecule has 0 bridgehead atoms. The lowest BCUT2D eigenvalue weighted by Crippen LogP contribution is -1.97. The van der Waals surface area contributed by atoms with Crippen molar-refractivity contribution in [3.8, 4) is 11.8 Å². The summed E-state index contributed by atoms with van der Waals surface area (Å²) in [5.41, 5.74) is 5.67. The van der Waals surface area contributed by atoms with E-state index in [-0.39, 0.29) is 0 Å². The van der Waals surface area contributed by atoms with Crippen LogP contribution in [0.2, 0.25) is 5.02 Å².